The van der Waals surface area contributed by atoms with Gasteiger partial charge in [0.05, 0.1) is 16.7 Å². The molecule has 0 amide bonds. The molecule has 3 heteroatoms. The van der Waals surface area contributed by atoms with E-state index < -0.39 is 8.07 Å². The Hall–Kier alpha value is -6.42. The van der Waals surface area contributed by atoms with Gasteiger partial charge >= 0.3 is 0 Å². The van der Waals surface area contributed by atoms with E-state index in [0.29, 0.717) is 5.69 Å². The van der Waals surface area contributed by atoms with Crippen LogP contribution in [0, 0.1) is 0 Å². The SMILES string of the molecule is CC(C)(C)c1cc(-c2cccc3c2[nH]c2c(N)cccc2c2ccc([Si](c4ccccc4)(c4ccccc4)c4ccccc4)cc2c2ccccc32)cc(C(C)(C)C)c1. The van der Waals surface area contributed by atoms with Crippen LogP contribution in [0.15, 0.2) is 188 Å². The van der Waals surface area contributed by atoms with E-state index in [-0.39, 0.29) is 10.8 Å². The standard InChI is InChI=1S/C56H52N2Si/c1-55(2,3)39-34-38(35-40(36-39)56(4,5)6)45-28-18-29-49-46-26-16-17-27-47(46)51-37-44(32-33-48(51)50-30-19-31-52(57)54(50)58-53(45)49)59(41-20-10-7-11-21-41,42-22-12-8-13-23-42)43-24-14-9-15-25-43/h7-37,58H,57H2,1-6H3. The number of aromatic nitrogens is 1. The third kappa shape index (κ3) is 6.70. The predicted octanol–water partition coefficient (Wildman–Crippen LogP) is 12.0. The van der Waals surface area contributed by atoms with Crippen molar-refractivity contribution in [2.75, 3.05) is 5.73 Å². The van der Waals surface area contributed by atoms with Crippen molar-refractivity contribution < 1.29 is 0 Å². The Morgan fingerprint density at radius 2 is 0.814 bits per heavy atom. The second-order valence-electron chi connectivity index (χ2n) is 18.1. The van der Waals surface area contributed by atoms with Crippen LogP contribution in [0.5, 0.6) is 0 Å². The zero-order chi connectivity index (χ0) is 40.9. The highest BCUT2D eigenvalue weighted by molar-refractivity contribution is 7.20. The summed E-state index contributed by atoms with van der Waals surface area (Å²) >= 11 is 0. The highest BCUT2D eigenvalue weighted by Crippen LogP contribution is 2.39. The Labute approximate surface area is 349 Å². The van der Waals surface area contributed by atoms with Crippen LogP contribution in [0.1, 0.15) is 52.7 Å². The molecule has 0 radical (unpaired) electrons. The number of aromatic amines is 1. The fraction of sp³-hybridized carbons (Fsp3) is 0.143. The van der Waals surface area contributed by atoms with E-state index >= 15 is 0 Å². The van der Waals surface area contributed by atoms with Crippen LogP contribution >= 0.6 is 0 Å². The van der Waals surface area contributed by atoms with Gasteiger partial charge in [-0.25, -0.2) is 0 Å². The molecule has 0 atom stereocenters. The van der Waals surface area contributed by atoms with Crippen LogP contribution < -0.4 is 26.5 Å². The van der Waals surface area contributed by atoms with E-state index in [1.54, 1.807) is 0 Å². The summed E-state index contributed by atoms with van der Waals surface area (Å²) in [6, 6.07) is 70.0. The predicted molar refractivity (Wildman–Crippen MR) is 259 cm³/mol. The first-order chi connectivity index (χ1) is 28.4. The number of para-hydroxylation sites is 2. The highest BCUT2D eigenvalue weighted by atomic mass is 28.3. The number of nitrogens with one attached hydrogen (secondary N) is 1. The first-order valence-corrected chi connectivity index (χ1v) is 22.8. The second kappa shape index (κ2) is 14.7. The Bertz CT molecular complexity index is 2930. The van der Waals surface area contributed by atoms with E-state index in [9.17, 15) is 0 Å². The Kier molecular flexibility index (Phi) is 9.53. The lowest BCUT2D eigenvalue weighted by molar-refractivity contribution is 0.569. The van der Waals surface area contributed by atoms with Gasteiger partial charge in [-0.1, -0.05) is 224 Å². The van der Waals surface area contributed by atoms with Gasteiger partial charge in [0.15, 0.2) is 8.07 Å². The number of nitrogens with two attached hydrogens (primary N) is 1. The average molecular weight is 781 g/mol. The van der Waals surface area contributed by atoms with Crippen LogP contribution in [0.2, 0.25) is 0 Å². The van der Waals surface area contributed by atoms with Crippen molar-refractivity contribution in [1.29, 1.82) is 0 Å². The molecule has 9 aromatic rings. The molecule has 1 heterocycles. The molecule has 0 aliphatic carbocycles. The first-order valence-electron chi connectivity index (χ1n) is 20.8. The molecule has 0 fully saturated rings. The van der Waals surface area contributed by atoms with Gasteiger partial charge in [0, 0.05) is 16.3 Å². The minimum absolute atomic E-state index is 0.0229. The average Bonchev–Trinajstić information content (AvgIpc) is 3.30. The smallest absolute Gasteiger partial charge is 0.179 e. The molecule has 3 N–H and O–H groups in total. The molecule has 9 rings (SSSR count). The van der Waals surface area contributed by atoms with Gasteiger partial charge in [-0.05, 0) is 75.9 Å². The zero-order valence-corrected chi connectivity index (χ0v) is 36.0. The molecule has 0 unspecified atom stereocenters. The number of anilines is 1. The van der Waals surface area contributed by atoms with Gasteiger partial charge in [0.2, 0.25) is 0 Å². The minimum Gasteiger partial charge on any atom is -0.397 e. The monoisotopic (exact) mass is 780 g/mol. The Balaban J connectivity index is 1.48. The number of hydrogen-bond donors (Lipinski definition) is 2. The Morgan fingerprint density at radius 1 is 0.373 bits per heavy atom. The van der Waals surface area contributed by atoms with Crippen molar-refractivity contribution in [2.45, 2.75) is 52.4 Å². The molecule has 0 spiro atoms. The van der Waals surface area contributed by atoms with E-state index in [0.717, 1.165) is 32.8 Å². The molecule has 2 nitrogen and oxygen atoms in total. The summed E-state index contributed by atoms with van der Waals surface area (Å²) < 4.78 is 0. The van der Waals surface area contributed by atoms with Crippen molar-refractivity contribution in [3.63, 3.8) is 0 Å². The molecular weight excluding hydrogens is 729 g/mol. The number of hydrogen-bond acceptors (Lipinski definition) is 1. The minimum atomic E-state index is -2.83. The van der Waals surface area contributed by atoms with Gasteiger partial charge in [-0.2, -0.15) is 0 Å². The van der Waals surface area contributed by atoms with Gasteiger partial charge in [-0.3, -0.25) is 0 Å². The van der Waals surface area contributed by atoms with Gasteiger partial charge in [-0.15, -0.1) is 0 Å². The van der Waals surface area contributed by atoms with Crippen molar-refractivity contribution >= 4 is 77.9 Å². The summed E-state index contributed by atoms with van der Waals surface area (Å²) in [6.07, 6.45) is 0. The van der Waals surface area contributed by atoms with Crippen molar-refractivity contribution in [2.24, 2.45) is 0 Å². The summed E-state index contributed by atoms with van der Waals surface area (Å²) in [5.41, 5.74) is 14.7. The van der Waals surface area contributed by atoms with Crippen LogP contribution in [-0.4, -0.2) is 13.1 Å². The van der Waals surface area contributed by atoms with Crippen molar-refractivity contribution in [3.05, 3.63) is 199 Å². The number of fused-ring (bicyclic) bond motifs is 7. The van der Waals surface area contributed by atoms with Crippen molar-refractivity contribution in [3.8, 4) is 11.1 Å². The molecule has 0 saturated heterocycles. The van der Waals surface area contributed by atoms with Crippen LogP contribution in [0.25, 0.3) is 54.5 Å². The van der Waals surface area contributed by atoms with Gasteiger partial charge in [0.1, 0.15) is 0 Å². The maximum Gasteiger partial charge on any atom is 0.179 e. The topological polar surface area (TPSA) is 41.8 Å². The number of rotatable bonds is 5. The highest BCUT2D eigenvalue weighted by Gasteiger charge is 2.41. The molecule has 0 bridgehead atoms. The summed E-state index contributed by atoms with van der Waals surface area (Å²) in [5.74, 6) is 0. The summed E-state index contributed by atoms with van der Waals surface area (Å²) in [4.78, 5) is 4.02. The van der Waals surface area contributed by atoms with Gasteiger partial charge < -0.3 is 10.7 Å². The molecular formula is C56H52N2Si. The zero-order valence-electron chi connectivity index (χ0n) is 35.0. The quantitative estimate of drug-likeness (QED) is 0.102. The lowest BCUT2D eigenvalue weighted by Gasteiger charge is -2.34. The summed E-state index contributed by atoms with van der Waals surface area (Å²) in [6.45, 7) is 13.8. The summed E-state index contributed by atoms with van der Waals surface area (Å²) in [7, 11) is -2.83. The number of H-pyrrole nitrogens is 1. The fourth-order valence-electron chi connectivity index (χ4n) is 9.11. The molecule has 0 aliphatic rings. The third-order valence-corrected chi connectivity index (χ3v) is 17.0. The van der Waals surface area contributed by atoms with Crippen LogP contribution in [0.4, 0.5) is 5.69 Å². The van der Waals surface area contributed by atoms with Crippen molar-refractivity contribution in [1.82, 2.24) is 4.98 Å². The lowest BCUT2D eigenvalue weighted by Crippen LogP contribution is -2.74. The molecule has 290 valence electrons. The Morgan fingerprint density at radius 3 is 1.34 bits per heavy atom. The summed E-state index contributed by atoms with van der Waals surface area (Å²) in [5, 5.41) is 12.3. The number of benzene rings is 8. The van der Waals surface area contributed by atoms with Crippen LogP contribution in [0.3, 0.4) is 0 Å². The molecule has 59 heavy (non-hydrogen) atoms. The molecule has 8 aromatic carbocycles. The van der Waals surface area contributed by atoms with E-state index in [1.165, 1.54) is 53.6 Å². The molecule has 0 saturated carbocycles. The van der Waals surface area contributed by atoms with E-state index in [1.807, 2.05) is 6.07 Å². The first kappa shape index (κ1) is 38.1. The van der Waals surface area contributed by atoms with Crippen LogP contribution in [-0.2, 0) is 10.8 Å². The molecule has 0 aliphatic heterocycles. The van der Waals surface area contributed by atoms with E-state index in [2.05, 4.69) is 229 Å². The molecule has 1 aromatic heterocycles. The second-order valence-corrected chi connectivity index (χ2v) is 21.9. The lowest BCUT2D eigenvalue weighted by atomic mass is 9.79. The maximum absolute atomic E-state index is 7.05. The third-order valence-electron chi connectivity index (χ3n) is 12.3. The normalized spacial score (nSPS) is 12.3. The number of nitrogen functional groups attached to an aromatic ring is 1. The fourth-order valence-corrected chi connectivity index (χ4v) is 13.9. The van der Waals surface area contributed by atoms with Gasteiger partial charge in [0.25, 0.3) is 0 Å². The largest absolute Gasteiger partial charge is 0.397 e. The van der Waals surface area contributed by atoms with E-state index in [4.69, 9.17) is 5.73 Å². The maximum atomic E-state index is 7.05.